The van der Waals surface area contributed by atoms with Crippen molar-refractivity contribution in [1.82, 2.24) is 0 Å². The SMILES string of the molecule is COc1cc(Br)c(C(N)C2CC3CC3C2)cc1OC. The molecule has 3 unspecified atom stereocenters. The molecule has 3 atom stereocenters. The van der Waals surface area contributed by atoms with E-state index in [0.717, 1.165) is 33.4 Å². The summed E-state index contributed by atoms with van der Waals surface area (Å²) in [6.45, 7) is 0. The Bertz CT molecular complexity index is 481. The molecule has 3 nitrogen and oxygen atoms in total. The molecule has 0 heterocycles. The van der Waals surface area contributed by atoms with Crippen LogP contribution in [0.25, 0.3) is 0 Å². The van der Waals surface area contributed by atoms with Crippen LogP contribution in [0, 0.1) is 17.8 Å². The molecule has 104 valence electrons. The molecule has 4 heteroatoms. The molecule has 0 aliphatic heterocycles. The second kappa shape index (κ2) is 4.98. The molecule has 19 heavy (non-hydrogen) atoms. The van der Waals surface area contributed by atoms with Gasteiger partial charge in [0, 0.05) is 10.5 Å². The zero-order valence-corrected chi connectivity index (χ0v) is 12.9. The first-order valence-electron chi connectivity index (χ1n) is 6.81. The number of hydrogen-bond acceptors (Lipinski definition) is 3. The fourth-order valence-corrected chi connectivity index (χ4v) is 4.02. The Morgan fingerprint density at radius 2 is 1.68 bits per heavy atom. The summed E-state index contributed by atoms with van der Waals surface area (Å²) in [5, 5.41) is 0. The van der Waals surface area contributed by atoms with E-state index >= 15 is 0 Å². The Morgan fingerprint density at radius 3 is 2.26 bits per heavy atom. The van der Waals surface area contributed by atoms with Crippen LogP contribution in [0.2, 0.25) is 0 Å². The molecule has 2 N–H and O–H groups in total. The first-order valence-corrected chi connectivity index (χ1v) is 7.60. The summed E-state index contributed by atoms with van der Waals surface area (Å²) in [7, 11) is 3.31. The van der Waals surface area contributed by atoms with Crippen LogP contribution in [-0.2, 0) is 0 Å². The van der Waals surface area contributed by atoms with Crippen molar-refractivity contribution in [2.24, 2.45) is 23.5 Å². The molecule has 2 saturated carbocycles. The zero-order chi connectivity index (χ0) is 13.6. The Labute approximate surface area is 122 Å². The van der Waals surface area contributed by atoms with Gasteiger partial charge in [-0.15, -0.1) is 0 Å². The minimum Gasteiger partial charge on any atom is -0.493 e. The van der Waals surface area contributed by atoms with Crippen molar-refractivity contribution in [2.45, 2.75) is 25.3 Å². The Morgan fingerprint density at radius 1 is 1.11 bits per heavy atom. The second-order valence-electron chi connectivity index (χ2n) is 5.74. The summed E-state index contributed by atoms with van der Waals surface area (Å²) in [6, 6.07) is 4.04. The lowest BCUT2D eigenvalue weighted by Gasteiger charge is -2.23. The highest BCUT2D eigenvalue weighted by Crippen LogP contribution is 2.57. The lowest BCUT2D eigenvalue weighted by atomic mass is 9.90. The lowest BCUT2D eigenvalue weighted by molar-refractivity contribution is 0.351. The van der Waals surface area contributed by atoms with Crippen LogP contribution in [0.15, 0.2) is 16.6 Å². The average Bonchev–Trinajstić information content (AvgIpc) is 3.04. The molecule has 0 spiro atoms. The summed E-state index contributed by atoms with van der Waals surface area (Å²) in [4.78, 5) is 0. The van der Waals surface area contributed by atoms with Crippen molar-refractivity contribution in [3.8, 4) is 11.5 Å². The molecule has 2 aliphatic carbocycles. The van der Waals surface area contributed by atoms with Gasteiger partial charge >= 0.3 is 0 Å². The predicted molar refractivity (Wildman–Crippen MR) is 78.5 cm³/mol. The van der Waals surface area contributed by atoms with Crippen molar-refractivity contribution in [2.75, 3.05) is 14.2 Å². The molecule has 0 saturated heterocycles. The molecule has 2 aliphatic rings. The third kappa shape index (κ3) is 2.36. The van der Waals surface area contributed by atoms with Crippen LogP contribution in [0.5, 0.6) is 11.5 Å². The summed E-state index contributed by atoms with van der Waals surface area (Å²) in [5.41, 5.74) is 7.60. The third-order valence-corrected chi connectivity index (χ3v) is 5.34. The molecular formula is C15H20BrNO2. The van der Waals surface area contributed by atoms with E-state index in [1.165, 1.54) is 19.3 Å². The van der Waals surface area contributed by atoms with Gasteiger partial charge in [0.2, 0.25) is 0 Å². The normalized spacial score (nSPS) is 29.8. The van der Waals surface area contributed by atoms with Crippen molar-refractivity contribution in [1.29, 1.82) is 0 Å². The Balaban J connectivity index is 1.86. The van der Waals surface area contributed by atoms with E-state index < -0.39 is 0 Å². The number of benzene rings is 1. The Kier molecular flexibility index (Phi) is 3.48. The van der Waals surface area contributed by atoms with E-state index in [2.05, 4.69) is 15.9 Å². The van der Waals surface area contributed by atoms with Crippen LogP contribution in [0.3, 0.4) is 0 Å². The largest absolute Gasteiger partial charge is 0.493 e. The van der Waals surface area contributed by atoms with Crippen molar-refractivity contribution < 1.29 is 9.47 Å². The summed E-state index contributed by atoms with van der Waals surface area (Å²) < 4.78 is 11.7. The number of ether oxygens (including phenoxy) is 2. The first kappa shape index (κ1) is 13.3. The van der Waals surface area contributed by atoms with Gasteiger partial charge in [-0.05, 0) is 54.7 Å². The molecule has 0 radical (unpaired) electrons. The highest BCUT2D eigenvalue weighted by molar-refractivity contribution is 9.10. The van der Waals surface area contributed by atoms with E-state index in [9.17, 15) is 0 Å². The second-order valence-corrected chi connectivity index (χ2v) is 6.60. The van der Waals surface area contributed by atoms with Gasteiger partial charge in [0.05, 0.1) is 14.2 Å². The van der Waals surface area contributed by atoms with E-state index in [4.69, 9.17) is 15.2 Å². The fraction of sp³-hybridized carbons (Fsp3) is 0.600. The van der Waals surface area contributed by atoms with Crippen molar-refractivity contribution >= 4 is 15.9 Å². The minimum absolute atomic E-state index is 0.0852. The van der Waals surface area contributed by atoms with Gasteiger partial charge in [-0.25, -0.2) is 0 Å². The monoisotopic (exact) mass is 325 g/mol. The van der Waals surface area contributed by atoms with E-state index in [1.54, 1.807) is 14.2 Å². The third-order valence-electron chi connectivity index (χ3n) is 4.65. The van der Waals surface area contributed by atoms with Crippen molar-refractivity contribution in [3.63, 3.8) is 0 Å². The summed E-state index contributed by atoms with van der Waals surface area (Å²) in [6.07, 6.45) is 4.00. The topological polar surface area (TPSA) is 44.5 Å². The van der Waals surface area contributed by atoms with Gasteiger partial charge in [-0.1, -0.05) is 15.9 Å². The van der Waals surface area contributed by atoms with Crippen LogP contribution in [0.4, 0.5) is 0 Å². The van der Waals surface area contributed by atoms with Crippen LogP contribution in [-0.4, -0.2) is 14.2 Å². The summed E-state index contributed by atoms with van der Waals surface area (Å²) in [5.74, 6) is 4.00. The van der Waals surface area contributed by atoms with Gasteiger partial charge in [0.15, 0.2) is 11.5 Å². The number of methoxy groups -OCH3 is 2. The molecule has 2 fully saturated rings. The van der Waals surface area contributed by atoms with Gasteiger partial charge in [-0.2, -0.15) is 0 Å². The molecule has 1 aromatic rings. The van der Waals surface area contributed by atoms with Gasteiger partial charge < -0.3 is 15.2 Å². The van der Waals surface area contributed by atoms with Crippen LogP contribution >= 0.6 is 15.9 Å². The van der Waals surface area contributed by atoms with Crippen molar-refractivity contribution in [3.05, 3.63) is 22.2 Å². The van der Waals surface area contributed by atoms with E-state index in [-0.39, 0.29) is 6.04 Å². The number of fused-ring (bicyclic) bond motifs is 1. The average molecular weight is 326 g/mol. The minimum atomic E-state index is 0.0852. The van der Waals surface area contributed by atoms with E-state index in [0.29, 0.717) is 5.92 Å². The maximum atomic E-state index is 6.47. The highest BCUT2D eigenvalue weighted by Gasteiger charge is 2.47. The quantitative estimate of drug-likeness (QED) is 0.921. The Hall–Kier alpha value is -0.740. The van der Waals surface area contributed by atoms with Crippen LogP contribution < -0.4 is 15.2 Å². The fourth-order valence-electron chi connectivity index (χ4n) is 3.43. The highest BCUT2D eigenvalue weighted by atomic mass is 79.9. The standard InChI is InChI=1S/C15H20BrNO2/c1-18-13-6-11(12(16)7-14(13)19-2)15(17)10-4-8-3-9(8)5-10/h6-10,15H,3-5,17H2,1-2H3. The first-order chi connectivity index (χ1) is 9.13. The molecule has 1 aromatic carbocycles. The number of nitrogens with two attached hydrogens (primary N) is 1. The van der Waals surface area contributed by atoms with Gasteiger partial charge in [0.25, 0.3) is 0 Å². The molecule has 0 amide bonds. The summed E-state index contributed by atoms with van der Waals surface area (Å²) >= 11 is 3.61. The van der Waals surface area contributed by atoms with Gasteiger partial charge in [0.1, 0.15) is 0 Å². The lowest BCUT2D eigenvalue weighted by Crippen LogP contribution is -2.21. The molecule has 0 aromatic heterocycles. The molecule has 0 bridgehead atoms. The number of halogens is 1. The zero-order valence-electron chi connectivity index (χ0n) is 11.4. The molecule has 3 rings (SSSR count). The smallest absolute Gasteiger partial charge is 0.161 e. The van der Waals surface area contributed by atoms with Gasteiger partial charge in [-0.3, -0.25) is 0 Å². The maximum Gasteiger partial charge on any atom is 0.161 e. The predicted octanol–water partition coefficient (Wildman–Crippen LogP) is 3.51. The number of hydrogen-bond donors (Lipinski definition) is 1. The molecular weight excluding hydrogens is 306 g/mol. The number of rotatable bonds is 4. The maximum absolute atomic E-state index is 6.47. The van der Waals surface area contributed by atoms with E-state index in [1.807, 2.05) is 12.1 Å². The van der Waals surface area contributed by atoms with Crippen LogP contribution in [0.1, 0.15) is 30.9 Å².